The van der Waals surface area contributed by atoms with Gasteiger partial charge in [-0.1, -0.05) is 22.0 Å². The summed E-state index contributed by atoms with van der Waals surface area (Å²) < 4.78 is 0.760. The van der Waals surface area contributed by atoms with Crippen molar-refractivity contribution in [3.63, 3.8) is 0 Å². The summed E-state index contributed by atoms with van der Waals surface area (Å²) in [5, 5.41) is 11.6. The molecule has 0 aliphatic heterocycles. The maximum atomic E-state index is 12.1. The maximum Gasteiger partial charge on any atom is 0.337 e. The predicted octanol–water partition coefficient (Wildman–Crippen LogP) is 2.98. The second kappa shape index (κ2) is 5.75. The summed E-state index contributed by atoms with van der Waals surface area (Å²) in [5.74, 6) is -1.53. The molecule has 0 heterocycles. The second-order valence-corrected chi connectivity index (χ2v) is 4.99. The Labute approximate surface area is 123 Å². The molecule has 6 heteroatoms. The summed E-state index contributed by atoms with van der Waals surface area (Å²) in [6.45, 7) is 0. The monoisotopic (exact) mass is 334 g/mol. The van der Waals surface area contributed by atoms with Gasteiger partial charge in [0.25, 0.3) is 5.91 Å². The molecule has 0 fully saturated rings. The number of benzene rings is 2. The van der Waals surface area contributed by atoms with Crippen LogP contribution in [-0.4, -0.2) is 17.0 Å². The minimum atomic E-state index is -1.13. The topological polar surface area (TPSA) is 92.4 Å². The van der Waals surface area contributed by atoms with Gasteiger partial charge in [0.15, 0.2) is 0 Å². The molecular weight excluding hydrogens is 324 g/mol. The number of aromatic carboxylic acids is 1. The van der Waals surface area contributed by atoms with Crippen molar-refractivity contribution in [3.05, 3.63) is 58.1 Å². The van der Waals surface area contributed by atoms with Crippen molar-refractivity contribution in [2.45, 2.75) is 0 Å². The number of carboxylic acid groups (broad SMARTS) is 1. The number of nitrogens with one attached hydrogen (secondary N) is 1. The van der Waals surface area contributed by atoms with Crippen molar-refractivity contribution in [3.8, 4) is 0 Å². The molecule has 2 aromatic carbocycles. The Morgan fingerprint density at radius 3 is 2.55 bits per heavy atom. The molecule has 0 aliphatic rings. The molecule has 0 spiro atoms. The van der Waals surface area contributed by atoms with Gasteiger partial charge in [0.2, 0.25) is 0 Å². The van der Waals surface area contributed by atoms with Gasteiger partial charge in [0, 0.05) is 15.7 Å². The summed E-state index contributed by atoms with van der Waals surface area (Å²) in [6.07, 6.45) is 0. The highest BCUT2D eigenvalue weighted by Crippen LogP contribution is 2.21. The zero-order valence-corrected chi connectivity index (χ0v) is 11.8. The standard InChI is InChI=1S/C14H11BrN2O3/c15-9-3-1-2-8(6-9)13(18)17-12-7-10(16)4-5-11(12)14(19)20/h1-7H,16H2,(H,17,18)(H,19,20). The van der Waals surface area contributed by atoms with Crippen molar-refractivity contribution in [2.24, 2.45) is 0 Å². The third kappa shape index (κ3) is 3.16. The van der Waals surface area contributed by atoms with Gasteiger partial charge in [0.1, 0.15) is 0 Å². The Morgan fingerprint density at radius 2 is 1.90 bits per heavy atom. The minimum absolute atomic E-state index is 0.0115. The van der Waals surface area contributed by atoms with Crippen LogP contribution in [0.3, 0.4) is 0 Å². The van der Waals surface area contributed by atoms with Crippen molar-refractivity contribution >= 4 is 39.2 Å². The third-order valence-electron chi connectivity index (χ3n) is 2.61. The Bertz CT molecular complexity index is 686. The highest BCUT2D eigenvalue weighted by atomic mass is 79.9. The Balaban J connectivity index is 2.32. The zero-order chi connectivity index (χ0) is 14.7. The van der Waals surface area contributed by atoms with Crippen LogP contribution >= 0.6 is 15.9 Å². The van der Waals surface area contributed by atoms with Gasteiger partial charge >= 0.3 is 5.97 Å². The van der Waals surface area contributed by atoms with Crippen LogP contribution in [0.15, 0.2) is 46.9 Å². The van der Waals surface area contributed by atoms with Crippen LogP contribution in [0.1, 0.15) is 20.7 Å². The Morgan fingerprint density at radius 1 is 1.15 bits per heavy atom. The average Bonchev–Trinajstić information content (AvgIpc) is 2.38. The summed E-state index contributed by atoms with van der Waals surface area (Å²) in [4.78, 5) is 23.2. The van der Waals surface area contributed by atoms with E-state index in [9.17, 15) is 9.59 Å². The summed E-state index contributed by atoms with van der Waals surface area (Å²) >= 11 is 3.27. The molecule has 0 saturated carbocycles. The largest absolute Gasteiger partial charge is 0.478 e. The first-order chi connectivity index (χ1) is 9.47. The van der Waals surface area contributed by atoms with Crippen molar-refractivity contribution in [2.75, 3.05) is 11.1 Å². The Hall–Kier alpha value is -2.34. The van der Waals surface area contributed by atoms with Gasteiger partial charge in [0.05, 0.1) is 11.3 Å². The third-order valence-corrected chi connectivity index (χ3v) is 3.10. The van der Waals surface area contributed by atoms with E-state index in [1.54, 1.807) is 24.3 Å². The number of amides is 1. The number of nitrogen functional groups attached to an aromatic ring is 1. The summed E-state index contributed by atoms with van der Waals surface area (Å²) in [7, 11) is 0. The fraction of sp³-hybridized carbons (Fsp3) is 0. The first-order valence-corrected chi connectivity index (χ1v) is 6.46. The van der Waals surface area contributed by atoms with Crippen molar-refractivity contribution < 1.29 is 14.7 Å². The maximum absolute atomic E-state index is 12.1. The quantitative estimate of drug-likeness (QED) is 0.752. The number of carbonyl (C=O) groups excluding carboxylic acids is 1. The molecule has 0 unspecified atom stereocenters. The van der Waals surface area contributed by atoms with Crippen molar-refractivity contribution in [1.29, 1.82) is 0 Å². The van der Waals surface area contributed by atoms with E-state index < -0.39 is 11.9 Å². The number of anilines is 2. The SMILES string of the molecule is Nc1ccc(C(=O)O)c(NC(=O)c2cccc(Br)c2)c1. The molecule has 4 N–H and O–H groups in total. The van der Waals surface area contributed by atoms with Gasteiger partial charge in [-0.3, -0.25) is 4.79 Å². The molecule has 0 radical (unpaired) electrons. The number of hydrogen-bond acceptors (Lipinski definition) is 3. The van der Waals surface area contributed by atoms with Gasteiger partial charge in [-0.25, -0.2) is 4.79 Å². The highest BCUT2D eigenvalue weighted by molar-refractivity contribution is 9.10. The molecule has 5 nitrogen and oxygen atoms in total. The Kier molecular flexibility index (Phi) is 4.05. The lowest BCUT2D eigenvalue weighted by atomic mass is 10.1. The van der Waals surface area contributed by atoms with Crippen LogP contribution in [0, 0.1) is 0 Å². The zero-order valence-electron chi connectivity index (χ0n) is 10.3. The lowest BCUT2D eigenvalue weighted by Crippen LogP contribution is -2.15. The van der Waals surface area contributed by atoms with Gasteiger partial charge in [-0.05, 0) is 36.4 Å². The highest BCUT2D eigenvalue weighted by Gasteiger charge is 2.14. The number of carbonyl (C=O) groups is 2. The lowest BCUT2D eigenvalue weighted by Gasteiger charge is -2.09. The number of carboxylic acids is 1. The van der Waals surface area contributed by atoms with E-state index >= 15 is 0 Å². The first kappa shape index (κ1) is 14.1. The van der Waals surface area contributed by atoms with Gasteiger partial charge in [-0.2, -0.15) is 0 Å². The molecule has 20 heavy (non-hydrogen) atoms. The van der Waals surface area contributed by atoms with Crippen LogP contribution in [0.2, 0.25) is 0 Å². The molecule has 0 saturated heterocycles. The van der Waals surface area contributed by atoms with E-state index in [1.165, 1.54) is 18.2 Å². The molecular formula is C14H11BrN2O3. The number of halogens is 1. The van der Waals surface area contributed by atoms with Crippen LogP contribution in [0.5, 0.6) is 0 Å². The van der Waals surface area contributed by atoms with Gasteiger partial charge < -0.3 is 16.2 Å². The fourth-order valence-electron chi connectivity index (χ4n) is 1.68. The smallest absolute Gasteiger partial charge is 0.337 e. The minimum Gasteiger partial charge on any atom is -0.478 e. The average molecular weight is 335 g/mol. The van der Waals surface area contributed by atoms with Crippen LogP contribution < -0.4 is 11.1 Å². The fourth-order valence-corrected chi connectivity index (χ4v) is 2.08. The molecule has 102 valence electrons. The predicted molar refractivity (Wildman–Crippen MR) is 79.9 cm³/mol. The molecule has 1 amide bonds. The molecule has 0 aromatic heterocycles. The summed E-state index contributed by atoms with van der Waals surface area (Å²) in [5.41, 5.74) is 6.56. The van der Waals surface area contributed by atoms with E-state index in [0.29, 0.717) is 11.3 Å². The van der Waals surface area contributed by atoms with Crippen molar-refractivity contribution in [1.82, 2.24) is 0 Å². The number of hydrogen-bond donors (Lipinski definition) is 3. The normalized spacial score (nSPS) is 10.1. The first-order valence-electron chi connectivity index (χ1n) is 5.67. The number of nitrogens with two attached hydrogens (primary N) is 1. The lowest BCUT2D eigenvalue weighted by molar-refractivity contribution is 0.0698. The number of rotatable bonds is 3. The van der Waals surface area contributed by atoms with E-state index in [1.807, 2.05) is 0 Å². The summed E-state index contributed by atoms with van der Waals surface area (Å²) in [6, 6.07) is 11.0. The molecule has 2 aromatic rings. The second-order valence-electron chi connectivity index (χ2n) is 4.07. The molecule has 0 bridgehead atoms. The molecule has 0 aliphatic carbocycles. The van der Waals surface area contributed by atoms with E-state index in [4.69, 9.17) is 10.8 Å². The van der Waals surface area contributed by atoms with E-state index in [0.717, 1.165) is 4.47 Å². The van der Waals surface area contributed by atoms with E-state index in [2.05, 4.69) is 21.2 Å². The van der Waals surface area contributed by atoms with Gasteiger partial charge in [-0.15, -0.1) is 0 Å². The van der Waals surface area contributed by atoms with Crippen LogP contribution in [0.25, 0.3) is 0 Å². The van der Waals surface area contributed by atoms with Crippen LogP contribution in [0.4, 0.5) is 11.4 Å². The van der Waals surface area contributed by atoms with E-state index in [-0.39, 0.29) is 11.3 Å². The molecule has 0 atom stereocenters. The van der Waals surface area contributed by atoms with Crippen LogP contribution in [-0.2, 0) is 0 Å². The molecule has 2 rings (SSSR count).